The van der Waals surface area contributed by atoms with Crippen molar-refractivity contribution >= 4 is 104 Å². The fourth-order valence-corrected chi connectivity index (χ4v) is 22.8. The third-order valence-corrected chi connectivity index (χ3v) is 33.2. The van der Waals surface area contributed by atoms with Crippen LogP contribution < -0.4 is 25.9 Å². The second kappa shape index (κ2) is 42.5. The minimum atomic E-state index is -3.49. The molecule has 0 atom stereocenters. The van der Waals surface area contributed by atoms with Gasteiger partial charge >= 0.3 is 0 Å². The van der Waals surface area contributed by atoms with Crippen LogP contribution in [0, 0.1) is 70.1 Å². The SMILES string of the molecule is CC(C)Cc1cc(-c2[c-]cc3c(c2)-c2ccccc2S3(=O)=O)ncc1[Si](C)(C)c1ccccc1.C[Si](C)(C)c1ccc(-c2[c-]nc3oc4ccccc4c3c2)nc1.Cc1ccc2c(n1)oc1c[c-]c(-c3ccc([Si](C)(C)c4ccccc4)cn3)cc12.Cc1cccnc1-c1[c-]cccc1.Cc1ccnc(-c2[c-]cccc2)c1.Cc1ccnc(-c2[c-]cccc2)c1.[Ir].[Ir].[Ir]. The van der Waals surface area contributed by atoms with Crippen LogP contribution >= 0.6 is 0 Å². The summed E-state index contributed by atoms with van der Waals surface area (Å²) in [4.78, 5) is 36.7. The fourth-order valence-electron chi connectivity index (χ4n) is 15.2. The molecule has 0 unspecified atom stereocenters. The molecule has 19 heteroatoms. The topological polar surface area (TPSA) is 164 Å². The Morgan fingerprint density at radius 3 is 1.51 bits per heavy atom. The van der Waals surface area contributed by atoms with Crippen molar-refractivity contribution in [2.75, 3.05) is 0 Å². The number of hydrogen-bond donors (Lipinski definition) is 0. The van der Waals surface area contributed by atoms with E-state index in [9.17, 15) is 8.42 Å². The number of nitrogens with zero attached hydrogens (tertiary/aromatic N) is 8. The van der Waals surface area contributed by atoms with Crippen molar-refractivity contribution in [3.63, 3.8) is 0 Å². The quantitative estimate of drug-likeness (QED) is 0.0794. The maximum Gasteiger partial charge on any atom is 0.216 e. The van der Waals surface area contributed by atoms with E-state index in [2.05, 4.69) is 280 Å². The van der Waals surface area contributed by atoms with Crippen molar-refractivity contribution in [3.05, 3.63) is 393 Å². The molecule has 12 nitrogen and oxygen atoms in total. The molecule has 0 fully saturated rings. The van der Waals surface area contributed by atoms with Crippen LogP contribution in [0.15, 0.2) is 347 Å². The molecule has 0 amide bonds. The number of para-hydroxylation sites is 1. The third kappa shape index (κ3) is 22.3. The second-order valence-electron chi connectivity index (χ2n) is 33.6. The maximum atomic E-state index is 13.0. The van der Waals surface area contributed by atoms with Gasteiger partial charge < -0.3 is 43.7 Å². The van der Waals surface area contributed by atoms with E-state index in [0.717, 1.165) is 123 Å². The van der Waals surface area contributed by atoms with Crippen molar-refractivity contribution in [1.29, 1.82) is 0 Å². The van der Waals surface area contributed by atoms with Crippen LogP contribution in [-0.4, -0.2) is 72.5 Å². The number of fused-ring (bicyclic) bond motifs is 9. The second-order valence-corrected chi connectivity index (χ2v) is 49.3. The molecule has 647 valence electrons. The standard InChI is InChI=1S/C29H28NO2SSi.C25H21N2OSi.C19H17N2OSi.3C12H10N.3Ir/c1-20(2)16-22-18-26(30-19-29(22)34(3,4)23-10-6-5-7-11-23)21-14-15-28-25(17-21)24-12-8-9-13-27(24)33(28,31)32;1-17-9-12-21-22-15-18(10-14-24(22)28-25(21)27-17)23-13-11-20(16-26-23)29(2,3)19-7-5-4-6-8-19;1-23(2,3)14-8-9-17(20-12-14)13-10-16-15-6-4-5-7-18(15)22-19(16)21-11-13;1-10-6-5-9-13-12(10)11-7-3-2-4-8-11;2*1-10-7-8-13-12(9-10)11-5-3-2-4-6-11;;;/h5-13,15,17-20H,16H2,1-4H3;4-9,11-16H,1-3H3;4-10,12H,1-3H3;2-7,9H,1H3;2*2-5,7-9H,1H3;;;/q6*-1;;;. The normalized spacial score (nSPS) is 11.7. The fraction of sp³-hybridized carbons (Fsp3) is 0.138. The van der Waals surface area contributed by atoms with Gasteiger partial charge in [0, 0.05) is 114 Å². The molecule has 9 aromatic carbocycles. The number of pyridine rings is 8. The van der Waals surface area contributed by atoms with Crippen LogP contribution in [0.25, 0.3) is 123 Å². The predicted octanol–water partition coefficient (Wildman–Crippen LogP) is 23.3. The van der Waals surface area contributed by atoms with Gasteiger partial charge in [-0.25, -0.2) is 13.4 Å². The van der Waals surface area contributed by atoms with E-state index < -0.39 is 34.1 Å². The number of hydrogen-bond acceptors (Lipinski definition) is 12. The Morgan fingerprint density at radius 1 is 0.375 bits per heavy atom. The molecule has 3 radical (unpaired) electrons. The molecule has 0 spiro atoms. The summed E-state index contributed by atoms with van der Waals surface area (Å²) in [6.45, 7) is 29.1. The maximum absolute atomic E-state index is 13.0. The number of furan rings is 2. The van der Waals surface area contributed by atoms with Crippen molar-refractivity contribution in [3.8, 4) is 78.7 Å². The van der Waals surface area contributed by atoms with Crippen LogP contribution in [0.1, 0.15) is 41.8 Å². The average molecular weight is 2270 g/mol. The number of aryl methyl sites for hydroxylation is 4. The number of aromatic nitrogens is 8. The molecule has 19 aromatic rings. The average Bonchev–Trinajstić information content (AvgIpc) is 1.58. The molecule has 0 N–H and O–H groups in total. The molecule has 128 heavy (non-hydrogen) atoms. The van der Waals surface area contributed by atoms with Gasteiger partial charge in [0.25, 0.3) is 0 Å². The van der Waals surface area contributed by atoms with E-state index in [-0.39, 0.29) is 60.3 Å². The summed E-state index contributed by atoms with van der Waals surface area (Å²) in [5.41, 5.74) is 21.8. The van der Waals surface area contributed by atoms with Crippen molar-refractivity contribution in [2.24, 2.45) is 5.92 Å². The summed E-state index contributed by atoms with van der Waals surface area (Å²) < 4.78 is 37.5. The first-order valence-corrected chi connectivity index (χ1v) is 52.9. The Balaban J connectivity index is 0.000000144. The molecule has 0 bridgehead atoms. The molecular formula is C109H96Ir3N8O4SSi3-6. The zero-order valence-electron chi connectivity index (χ0n) is 73.6. The molecule has 11 heterocycles. The van der Waals surface area contributed by atoms with Gasteiger partial charge in [-0.3, -0.25) is 0 Å². The van der Waals surface area contributed by atoms with Crippen LogP contribution in [0.2, 0.25) is 45.8 Å². The van der Waals surface area contributed by atoms with Crippen LogP contribution in [0.5, 0.6) is 0 Å². The molecule has 0 saturated carbocycles. The summed E-state index contributed by atoms with van der Waals surface area (Å²) >= 11 is 0. The monoisotopic (exact) mass is 2280 g/mol. The largest absolute Gasteiger partial charge is 0.486 e. The van der Waals surface area contributed by atoms with E-state index in [1.807, 2.05) is 184 Å². The summed E-state index contributed by atoms with van der Waals surface area (Å²) in [5, 5.41) is 11.0. The molecule has 1 aliphatic rings. The van der Waals surface area contributed by atoms with E-state index >= 15 is 0 Å². The molecular weight excluding hydrogens is 2180 g/mol. The van der Waals surface area contributed by atoms with Crippen molar-refractivity contribution in [1.82, 2.24) is 39.9 Å². The Kier molecular flexibility index (Phi) is 31.7. The first-order chi connectivity index (χ1) is 60.3. The number of benzene rings is 9. The Hall–Kier alpha value is -11.7. The van der Waals surface area contributed by atoms with Crippen LogP contribution in [-0.2, 0) is 76.6 Å². The van der Waals surface area contributed by atoms with Gasteiger partial charge in [-0.05, 0) is 154 Å². The molecule has 20 rings (SSSR count). The van der Waals surface area contributed by atoms with E-state index in [0.29, 0.717) is 27.1 Å². The first-order valence-electron chi connectivity index (χ1n) is 41.9. The Morgan fingerprint density at radius 2 is 0.914 bits per heavy atom. The summed E-state index contributed by atoms with van der Waals surface area (Å²) in [6.07, 6.45) is 15.6. The Bertz CT molecular complexity index is 7010. The van der Waals surface area contributed by atoms with Crippen LogP contribution in [0.3, 0.4) is 0 Å². The molecule has 0 saturated heterocycles. The molecule has 10 aromatic heterocycles. The zero-order valence-corrected chi connectivity index (χ0v) is 84.6. The smallest absolute Gasteiger partial charge is 0.216 e. The van der Waals surface area contributed by atoms with Crippen molar-refractivity contribution < 1.29 is 77.6 Å². The molecule has 1 aliphatic heterocycles. The molecule has 0 aliphatic carbocycles. The first kappa shape index (κ1) is 95.4. The van der Waals surface area contributed by atoms with Gasteiger partial charge in [0.05, 0.1) is 18.6 Å². The summed E-state index contributed by atoms with van der Waals surface area (Å²) in [7, 11) is -8.50. The Labute approximate surface area is 795 Å². The van der Waals surface area contributed by atoms with E-state index in [1.165, 1.54) is 48.2 Å². The van der Waals surface area contributed by atoms with Gasteiger partial charge in [-0.2, -0.15) is 0 Å². The van der Waals surface area contributed by atoms with Crippen LogP contribution in [0.4, 0.5) is 0 Å². The summed E-state index contributed by atoms with van der Waals surface area (Å²) in [6, 6.07) is 113. The van der Waals surface area contributed by atoms with Crippen molar-refractivity contribution in [2.45, 2.75) is 104 Å². The predicted molar refractivity (Wildman–Crippen MR) is 519 cm³/mol. The van der Waals surface area contributed by atoms with Gasteiger partial charge in [0.15, 0.2) is 9.84 Å². The third-order valence-electron chi connectivity index (χ3n) is 22.3. The van der Waals surface area contributed by atoms with Gasteiger partial charge in [-0.1, -0.05) is 249 Å². The minimum Gasteiger partial charge on any atom is -0.486 e. The van der Waals surface area contributed by atoms with Gasteiger partial charge in [0.2, 0.25) is 5.71 Å². The summed E-state index contributed by atoms with van der Waals surface area (Å²) in [5.74, 6) is 0.510. The van der Waals surface area contributed by atoms with Gasteiger partial charge in [0.1, 0.15) is 27.4 Å². The zero-order chi connectivity index (χ0) is 87.4. The van der Waals surface area contributed by atoms with Gasteiger partial charge in [-0.15, -0.1) is 167 Å². The van der Waals surface area contributed by atoms with E-state index in [4.69, 9.17) is 18.8 Å². The minimum absolute atomic E-state index is 0. The number of sulfone groups is 1. The number of rotatable bonds is 13. The van der Waals surface area contributed by atoms with E-state index in [1.54, 1.807) is 18.2 Å².